The second-order valence-electron chi connectivity index (χ2n) is 9.02. The maximum absolute atomic E-state index is 12.3. The van der Waals surface area contributed by atoms with Gasteiger partial charge < -0.3 is 10.1 Å². The van der Waals surface area contributed by atoms with Crippen LogP contribution in [0.5, 0.6) is 0 Å². The van der Waals surface area contributed by atoms with Crippen LogP contribution in [0, 0.1) is 26.9 Å². The van der Waals surface area contributed by atoms with Crippen LogP contribution in [0.4, 0.5) is 5.69 Å². The Morgan fingerprint density at radius 2 is 1.97 bits per heavy atom. The van der Waals surface area contributed by atoms with Gasteiger partial charge >= 0.3 is 5.97 Å². The van der Waals surface area contributed by atoms with E-state index < -0.39 is 43.8 Å². The molecule has 2 aliphatic rings. The zero-order valence-corrected chi connectivity index (χ0v) is 18.2. The first-order valence-electron chi connectivity index (χ1n) is 9.72. The fourth-order valence-electron chi connectivity index (χ4n) is 4.97. The van der Waals surface area contributed by atoms with Crippen molar-refractivity contribution in [2.24, 2.45) is 16.7 Å². The van der Waals surface area contributed by atoms with E-state index >= 15 is 0 Å². The highest BCUT2D eigenvalue weighted by molar-refractivity contribution is 7.90. The SMILES string of the molecule is CC1(C)[C@H]2CC[C@@]1(C)[C@@H](NC(=O)COC(=O)c1ccc(S(C)(=O)=O)c([N+](=O)[O-])c1)C2. The van der Waals surface area contributed by atoms with Gasteiger partial charge in [0, 0.05) is 18.4 Å². The largest absolute Gasteiger partial charge is 0.452 e. The van der Waals surface area contributed by atoms with Gasteiger partial charge in [0.05, 0.1) is 10.5 Å². The monoisotopic (exact) mass is 438 g/mol. The van der Waals surface area contributed by atoms with Gasteiger partial charge in [0.25, 0.3) is 11.6 Å². The van der Waals surface area contributed by atoms with Crippen molar-refractivity contribution in [3.63, 3.8) is 0 Å². The Balaban J connectivity index is 1.64. The molecular weight excluding hydrogens is 412 g/mol. The molecule has 30 heavy (non-hydrogen) atoms. The first-order chi connectivity index (χ1) is 13.8. The van der Waals surface area contributed by atoms with E-state index in [1.807, 2.05) is 0 Å². The molecule has 9 nitrogen and oxygen atoms in total. The molecule has 2 fully saturated rings. The Bertz CT molecular complexity index is 1020. The van der Waals surface area contributed by atoms with Crippen molar-refractivity contribution < 1.29 is 27.7 Å². The molecule has 0 aliphatic heterocycles. The van der Waals surface area contributed by atoms with Gasteiger partial charge in [-0.1, -0.05) is 20.8 Å². The lowest BCUT2D eigenvalue weighted by molar-refractivity contribution is -0.387. The first-order valence-corrected chi connectivity index (χ1v) is 11.6. The summed E-state index contributed by atoms with van der Waals surface area (Å²) in [5.41, 5.74) is -0.801. The molecule has 2 saturated carbocycles. The van der Waals surface area contributed by atoms with Gasteiger partial charge in [0.1, 0.15) is 4.90 Å². The van der Waals surface area contributed by atoms with Crippen molar-refractivity contribution >= 4 is 27.4 Å². The summed E-state index contributed by atoms with van der Waals surface area (Å²) in [4.78, 5) is 34.4. The molecule has 2 aliphatic carbocycles. The average Bonchev–Trinajstić information content (AvgIpc) is 2.98. The normalized spacial score (nSPS) is 26.9. The summed E-state index contributed by atoms with van der Waals surface area (Å²) in [7, 11) is -3.84. The van der Waals surface area contributed by atoms with Crippen LogP contribution in [0.1, 0.15) is 50.4 Å². The topological polar surface area (TPSA) is 133 Å². The van der Waals surface area contributed by atoms with Crippen molar-refractivity contribution in [3.05, 3.63) is 33.9 Å². The predicted molar refractivity (Wildman–Crippen MR) is 108 cm³/mol. The molecule has 3 atom stereocenters. The van der Waals surface area contributed by atoms with Crippen LogP contribution >= 0.6 is 0 Å². The quantitative estimate of drug-likeness (QED) is 0.410. The molecule has 1 aromatic rings. The van der Waals surface area contributed by atoms with Gasteiger partial charge in [0.15, 0.2) is 16.4 Å². The van der Waals surface area contributed by atoms with Crippen LogP contribution in [0.3, 0.4) is 0 Å². The predicted octanol–water partition coefficient (Wildman–Crippen LogP) is 2.49. The maximum atomic E-state index is 12.3. The summed E-state index contributed by atoms with van der Waals surface area (Å²) in [6.07, 6.45) is 3.91. The van der Waals surface area contributed by atoms with Crippen molar-refractivity contribution in [1.82, 2.24) is 5.32 Å². The Kier molecular flexibility index (Phi) is 5.43. The minimum Gasteiger partial charge on any atom is -0.452 e. The van der Waals surface area contributed by atoms with Gasteiger partial charge in [-0.25, -0.2) is 13.2 Å². The third-order valence-corrected chi connectivity index (χ3v) is 8.40. The maximum Gasteiger partial charge on any atom is 0.338 e. The van der Waals surface area contributed by atoms with Crippen molar-refractivity contribution in [2.45, 2.75) is 51.0 Å². The first kappa shape index (κ1) is 22.2. The Morgan fingerprint density at radius 3 is 2.47 bits per heavy atom. The third-order valence-electron chi connectivity index (χ3n) is 7.25. The molecule has 0 heterocycles. The summed E-state index contributed by atoms with van der Waals surface area (Å²) in [5, 5.41) is 14.1. The van der Waals surface area contributed by atoms with E-state index in [0.29, 0.717) is 5.92 Å². The van der Waals surface area contributed by atoms with Crippen molar-refractivity contribution in [3.8, 4) is 0 Å². The molecule has 2 bridgehead atoms. The number of carbonyl (C=O) groups excluding carboxylic acids is 2. The molecule has 0 aromatic heterocycles. The Morgan fingerprint density at radius 1 is 1.30 bits per heavy atom. The third kappa shape index (κ3) is 3.68. The van der Waals surface area contributed by atoms with Crippen LogP contribution in [0.25, 0.3) is 0 Å². The highest BCUT2D eigenvalue weighted by Gasteiger charge is 2.61. The van der Waals surface area contributed by atoms with E-state index in [4.69, 9.17) is 4.74 Å². The number of nitrogens with zero attached hydrogens (tertiary/aromatic N) is 1. The zero-order chi connectivity index (χ0) is 22.5. The minimum atomic E-state index is -3.84. The molecule has 10 heteroatoms. The number of amides is 1. The van der Waals surface area contributed by atoms with Gasteiger partial charge in [-0.15, -0.1) is 0 Å². The molecule has 1 amide bonds. The molecule has 1 aromatic carbocycles. The van der Waals surface area contributed by atoms with Gasteiger partial charge in [-0.3, -0.25) is 14.9 Å². The summed E-state index contributed by atoms with van der Waals surface area (Å²) in [6, 6.07) is 2.97. The van der Waals surface area contributed by atoms with E-state index in [-0.39, 0.29) is 22.4 Å². The number of rotatable bonds is 6. The lowest BCUT2D eigenvalue weighted by atomic mass is 9.69. The number of carbonyl (C=O) groups is 2. The van der Waals surface area contributed by atoms with Crippen LogP contribution in [0.15, 0.2) is 23.1 Å². The van der Waals surface area contributed by atoms with Crippen molar-refractivity contribution in [1.29, 1.82) is 0 Å². The fourth-order valence-corrected chi connectivity index (χ4v) is 5.80. The zero-order valence-electron chi connectivity index (χ0n) is 17.4. The van der Waals surface area contributed by atoms with Crippen LogP contribution < -0.4 is 5.32 Å². The minimum absolute atomic E-state index is 0.00702. The lowest BCUT2D eigenvalue weighted by Crippen LogP contribution is -2.48. The Labute approximate surface area is 175 Å². The molecule has 164 valence electrons. The molecule has 1 N–H and O–H groups in total. The number of hydrogen-bond donors (Lipinski definition) is 1. The van der Waals surface area contributed by atoms with Crippen LogP contribution in [-0.4, -0.2) is 44.1 Å². The van der Waals surface area contributed by atoms with Gasteiger partial charge in [-0.05, 0) is 48.1 Å². The van der Waals surface area contributed by atoms with Crippen LogP contribution in [-0.2, 0) is 19.4 Å². The second kappa shape index (κ2) is 7.33. The highest BCUT2D eigenvalue weighted by atomic mass is 32.2. The summed E-state index contributed by atoms with van der Waals surface area (Å²) >= 11 is 0. The number of nitrogens with one attached hydrogen (secondary N) is 1. The molecular formula is C20H26N2O7S. The molecule has 0 radical (unpaired) electrons. The second-order valence-corrected chi connectivity index (χ2v) is 11.0. The van der Waals surface area contributed by atoms with Gasteiger partial charge in [0.2, 0.25) is 0 Å². The number of esters is 1. The number of fused-ring (bicyclic) bond motifs is 2. The molecule has 0 spiro atoms. The Hall–Kier alpha value is -2.49. The van der Waals surface area contributed by atoms with E-state index in [1.54, 1.807) is 0 Å². The van der Waals surface area contributed by atoms with Crippen molar-refractivity contribution in [2.75, 3.05) is 12.9 Å². The highest BCUT2D eigenvalue weighted by Crippen LogP contribution is 2.65. The number of sulfone groups is 1. The lowest BCUT2D eigenvalue weighted by Gasteiger charge is -2.39. The summed E-state index contributed by atoms with van der Waals surface area (Å²) in [5.74, 6) is -0.822. The molecule has 0 saturated heterocycles. The average molecular weight is 439 g/mol. The summed E-state index contributed by atoms with van der Waals surface area (Å²) in [6.45, 7) is 6.12. The molecule has 3 rings (SSSR count). The number of nitro benzene ring substituents is 1. The number of nitro groups is 1. The van der Waals surface area contributed by atoms with E-state index in [9.17, 15) is 28.1 Å². The number of ether oxygens (including phenoxy) is 1. The standard InChI is InChI=1S/C20H26N2O7S/c1-19(2)13-7-8-20(19,3)16(10-13)21-17(23)11-29-18(24)12-5-6-15(30(4,27)28)14(9-12)22(25)26/h5-6,9,13,16H,7-8,10-11H2,1-4H3,(H,21,23)/t13-,16-,20-/m0/s1. The smallest absolute Gasteiger partial charge is 0.338 e. The van der Waals surface area contributed by atoms with Gasteiger partial charge in [-0.2, -0.15) is 0 Å². The van der Waals surface area contributed by atoms with E-state index in [1.165, 1.54) is 0 Å². The summed E-state index contributed by atoms with van der Waals surface area (Å²) < 4.78 is 28.3. The molecule has 0 unspecified atom stereocenters. The van der Waals surface area contributed by atoms with E-state index in [0.717, 1.165) is 43.7 Å². The van der Waals surface area contributed by atoms with E-state index in [2.05, 4.69) is 26.1 Å². The number of hydrogen-bond acceptors (Lipinski definition) is 7. The number of benzene rings is 1. The van der Waals surface area contributed by atoms with Crippen LogP contribution in [0.2, 0.25) is 0 Å². The fraction of sp³-hybridized carbons (Fsp3) is 0.600.